The van der Waals surface area contributed by atoms with Crippen molar-refractivity contribution in [3.05, 3.63) is 0 Å². The Morgan fingerprint density at radius 1 is 0.625 bits per heavy atom. The number of likely N-dealkylation sites (tertiary alicyclic amines) is 2. The normalized spacial score (nSPS) is 20.2. The molecule has 2 rings (SSSR count). The number of primary amides is 1. The Labute approximate surface area is 367 Å². The summed E-state index contributed by atoms with van der Waals surface area (Å²) in [5.74, 6) is -11.9. The van der Waals surface area contributed by atoms with Crippen molar-refractivity contribution in [2.24, 2.45) is 17.4 Å². The van der Waals surface area contributed by atoms with Crippen LogP contribution in [0.25, 0.3) is 0 Å². The van der Waals surface area contributed by atoms with Gasteiger partial charge >= 0.3 is 11.9 Å². The van der Waals surface area contributed by atoms with E-state index in [-0.39, 0.29) is 25.9 Å². The number of carbonyl (C=O) groups excluding carboxylic acids is 9. The van der Waals surface area contributed by atoms with E-state index >= 15 is 0 Å². The molecule has 26 heteroatoms. The number of carboxylic acids is 2. The summed E-state index contributed by atoms with van der Waals surface area (Å²) in [6.07, 6.45) is -4.04. The highest BCUT2D eigenvalue weighted by Crippen LogP contribution is 2.22. The van der Waals surface area contributed by atoms with E-state index < -0.39 is 163 Å². The van der Waals surface area contributed by atoms with Crippen LogP contribution in [-0.4, -0.2) is 187 Å². The van der Waals surface area contributed by atoms with Crippen molar-refractivity contribution in [2.75, 3.05) is 19.7 Å². The van der Waals surface area contributed by atoms with E-state index in [1.807, 2.05) is 0 Å². The van der Waals surface area contributed by atoms with Gasteiger partial charge in [0.05, 0.1) is 25.2 Å². The molecule has 2 saturated heterocycles. The number of aliphatic carboxylic acids is 2. The second-order valence-electron chi connectivity index (χ2n) is 16.1. The highest BCUT2D eigenvalue weighted by molar-refractivity contribution is 5.99. The third-order valence-corrected chi connectivity index (χ3v) is 10.6. The van der Waals surface area contributed by atoms with Gasteiger partial charge in [0.15, 0.2) is 0 Å². The molecule has 0 unspecified atom stereocenters. The van der Waals surface area contributed by atoms with Crippen LogP contribution in [0, 0.1) is 5.92 Å². The Morgan fingerprint density at radius 3 is 1.59 bits per heavy atom. The zero-order valence-electron chi connectivity index (χ0n) is 36.3. The van der Waals surface area contributed by atoms with Crippen LogP contribution in [0.15, 0.2) is 0 Å². The molecule has 11 atom stereocenters. The number of amides is 9. The van der Waals surface area contributed by atoms with E-state index in [1.54, 1.807) is 13.8 Å². The Morgan fingerprint density at radius 2 is 1.12 bits per heavy atom. The molecule has 2 heterocycles. The van der Waals surface area contributed by atoms with Gasteiger partial charge in [-0.1, -0.05) is 13.8 Å². The summed E-state index contributed by atoms with van der Waals surface area (Å²) >= 11 is 0. The summed E-state index contributed by atoms with van der Waals surface area (Å²) in [5, 5.41) is 62.6. The predicted octanol–water partition coefficient (Wildman–Crippen LogP) is -6.54. The number of aliphatic hydroxyl groups excluding tert-OH is 3. The lowest BCUT2D eigenvalue weighted by molar-refractivity contribution is -0.147. The number of carboxylic acid groups (broad SMARTS) is 2. The Balaban J connectivity index is 2.19. The lowest BCUT2D eigenvalue weighted by Gasteiger charge is -2.33. The average Bonchev–Trinajstić information content (AvgIpc) is 3.91. The first-order valence-electron chi connectivity index (χ1n) is 20.7. The average molecular weight is 915 g/mol. The number of hydrogen-bond donors (Lipinski definition) is 13. The highest BCUT2D eigenvalue weighted by atomic mass is 16.4. The van der Waals surface area contributed by atoms with Crippen LogP contribution in [-0.2, 0) is 52.7 Å². The zero-order valence-corrected chi connectivity index (χ0v) is 36.3. The maximum Gasteiger partial charge on any atom is 0.326 e. The maximum atomic E-state index is 13.8. The molecule has 26 nitrogen and oxygen atoms in total. The van der Waals surface area contributed by atoms with E-state index in [1.165, 1.54) is 13.8 Å². The minimum Gasteiger partial charge on any atom is -0.481 e. The minimum atomic E-state index is -1.68. The molecule has 0 aromatic carbocycles. The molecule has 2 aliphatic rings. The number of aliphatic hydroxyl groups is 3. The fourth-order valence-corrected chi connectivity index (χ4v) is 7.04. The Kier molecular flexibility index (Phi) is 20.9. The van der Waals surface area contributed by atoms with Crippen LogP contribution in [0.4, 0.5) is 0 Å². The van der Waals surface area contributed by atoms with E-state index in [0.29, 0.717) is 12.8 Å². The summed E-state index contributed by atoms with van der Waals surface area (Å²) < 4.78 is 0. The first-order valence-corrected chi connectivity index (χ1v) is 20.7. The molecule has 0 spiro atoms. The summed E-state index contributed by atoms with van der Waals surface area (Å²) in [4.78, 5) is 143. The van der Waals surface area contributed by atoms with E-state index in [4.69, 9.17) is 16.6 Å². The van der Waals surface area contributed by atoms with Crippen molar-refractivity contribution in [1.82, 2.24) is 41.7 Å². The SMILES string of the molecule is CC(C)[C@H](NC(=O)[C@@H]1CCCN1C(=O)[C@H](C)NC(=O)[C@H](CCC(=O)O)NC(=O)[C@@H](NC(=O)[C@@H](N)CO)[C@@H](C)O)C(=O)N[C@H](C(=O)N1CCC[C@H]1C(=O)N[C@@H](CC(N)=O)C(=O)O)[C@@H](C)O. The number of carbonyl (C=O) groups is 11. The van der Waals surface area contributed by atoms with Gasteiger partial charge in [0.25, 0.3) is 0 Å². The van der Waals surface area contributed by atoms with Gasteiger partial charge in [-0.2, -0.15) is 0 Å². The van der Waals surface area contributed by atoms with Crippen molar-refractivity contribution >= 4 is 65.1 Å². The van der Waals surface area contributed by atoms with E-state index in [2.05, 4.69) is 31.9 Å². The van der Waals surface area contributed by atoms with Crippen molar-refractivity contribution < 1.29 is 78.3 Å². The first-order chi connectivity index (χ1) is 29.8. The van der Waals surface area contributed by atoms with Crippen LogP contribution in [0.1, 0.15) is 79.6 Å². The van der Waals surface area contributed by atoms with Crippen LogP contribution < -0.4 is 43.4 Å². The first kappa shape index (κ1) is 54.1. The molecule has 0 radical (unpaired) electrons. The van der Waals surface area contributed by atoms with E-state index in [0.717, 1.165) is 16.7 Å². The minimum absolute atomic E-state index is 0.000764. The van der Waals surface area contributed by atoms with Crippen molar-refractivity contribution in [2.45, 2.75) is 146 Å². The lowest BCUT2D eigenvalue weighted by atomic mass is 10.0. The standard InChI is InChI=1S/C38H62N10O16/c1-16(2)27(34(59)46-29(19(5)51)37(62)48-13-7-8-23(48)32(57)43-22(38(63)64)14-25(40)52)44-33(58)24-9-6-12-47(24)36(61)17(3)41-31(56)21(10-11-26(53)54)42-35(60)28(18(4)50)45-30(55)20(39)15-49/h16-24,27-29,49-51H,6-15,39H2,1-5H3,(H2,40,52)(H,41,56)(H,42,60)(H,43,57)(H,44,58)(H,45,55)(H,46,59)(H,53,54)(H,63,64)/t17-,18+,19+,20-,21-,22-,23-,24-,27-,28-,29-/m0/s1. The second kappa shape index (κ2) is 24.7. The topological polar surface area (TPSA) is 420 Å². The predicted molar refractivity (Wildman–Crippen MR) is 218 cm³/mol. The summed E-state index contributed by atoms with van der Waals surface area (Å²) in [6.45, 7) is 6.02. The fourth-order valence-electron chi connectivity index (χ4n) is 7.04. The molecular formula is C38H62N10O16. The molecule has 360 valence electrons. The number of nitrogens with zero attached hydrogens (tertiary/aromatic N) is 2. The van der Waals surface area contributed by atoms with Gasteiger partial charge in [0, 0.05) is 19.5 Å². The van der Waals surface area contributed by atoms with Crippen molar-refractivity contribution in [3.63, 3.8) is 0 Å². The monoisotopic (exact) mass is 914 g/mol. The van der Waals surface area contributed by atoms with Gasteiger partial charge < -0.3 is 78.7 Å². The highest BCUT2D eigenvalue weighted by Gasteiger charge is 2.43. The van der Waals surface area contributed by atoms with Gasteiger partial charge in [0.2, 0.25) is 53.2 Å². The summed E-state index contributed by atoms with van der Waals surface area (Å²) in [7, 11) is 0. The number of hydrogen-bond acceptors (Lipinski definition) is 15. The molecule has 2 fully saturated rings. The molecule has 0 bridgehead atoms. The van der Waals surface area contributed by atoms with Crippen LogP contribution in [0.5, 0.6) is 0 Å². The maximum absolute atomic E-state index is 13.8. The Hall–Kier alpha value is -5.99. The zero-order chi connectivity index (χ0) is 48.7. The van der Waals surface area contributed by atoms with Crippen LogP contribution in [0.2, 0.25) is 0 Å². The van der Waals surface area contributed by atoms with Crippen molar-refractivity contribution in [3.8, 4) is 0 Å². The molecule has 0 saturated carbocycles. The van der Waals surface area contributed by atoms with Crippen LogP contribution in [0.3, 0.4) is 0 Å². The second-order valence-corrected chi connectivity index (χ2v) is 16.1. The molecule has 0 aliphatic carbocycles. The molecule has 2 aliphatic heterocycles. The Bertz CT molecular complexity index is 1760. The summed E-state index contributed by atoms with van der Waals surface area (Å²) in [5.41, 5.74) is 10.6. The van der Waals surface area contributed by atoms with Crippen LogP contribution >= 0.6 is 0 Å². The number of rotatable bonds is 24. The quantitative estimate of drug-likeness (QED) is 0.0428. The van der Waals surface area contributed by atoms with Gasteiger partial charge in [-0.3, -0.25) is 47.9 Å². The lowest BCUT2D eigenvalue weighted by Crippen LogP contribution is -2.62. The van der Waals surface area contributed by atoms with E-state index in [9.17, 15) is 73.2 Å². The van der Waals surface area contributed by atoms with Gasteiger partial charge in [0.1, 0.15) is 54.4 Å². The van der Waals surface area contributed by atoms with Gasteiger partial charge in [-0.25, -0.2) is 4.79 Å². The number of nitrogens with one attached hydrogen (secondary N) is 6. The number of nitrogens with two attached hydrogens (primary N) is 2. The third-order valence-electron chi connectivity index (χ3n) is 10.6. The fraction of sp³-hybridized carbons (Fsp3) is 0.711. The largest absolute Gasteiger partial charge is 0.481 e. The van der Waals surface area contributed by atoms with Gasteiger partial charge in [-0.05, 0) is 58.8 Å². The molecule has 64 heavy (non-hydrogen) atoms. The van der Waals surface area contributed by atoms with Gasteiger partial charge in [-0.15, -0.1) is 0 Å². The third kappa shape index (κ3) is 15.4. The molecule has 0 aromatic rings. The molecule has 9 amide bonds. The molecule has 15 N–H and O–H groups in total. The van der Waals surface area contributed by atoms with Crippen molar-refractivity contribution in [1.29, 1.82) is 0 Å². The smallest absolute Gasteiger partial charge is 0.326 e. The molecular weight excluding hydrogens is 852 g/mol. The molecule has 0 aromatic heterocycles. The summed E-state index contributed by atoms with van der Waals surface area (Å²) in [6, 6.07) is -13.1.